The Morgan fingerprint density at radius 3 is 2.50 bits per heavy atom. The highest BCUT2D eigenvalue weighted by atomic mass is 16.5. The van der Waals surface area contributed by atoms with Crippen LogP contribution in [-0.2, 0) is 4.74 Å². The van der Waals surface area contributed by atoms with E-state index in [0.29, 0.717) is 18.0 Å². The molecule has 1 heterocycles. The average molecular weight is 255 g/mol. The number of guanidine groups is 1. The Kier molecular flexibility index (Phi) is 7.09. The summed E-state index contributed by atoms with van der Waals surface area (Å²) in [6, 6.07) is 0. The first kappa shape index (κ1) is 15.3. The SMILES string of the molecule is CCOC(CCN=C(N)N1CCCCC1)C(C)C. The van der Waals surface area contributed by atoms with E-state index in [2.05, 4.69) is 23.7 Å². The number of hydrogen-bond acceptors (Lipinski definition) is 2. The molecule has 1 fully saturated rings. The zero-order valence-corrected chi connectivity index (χ0v) is 12.2. The summed E-state index contributed by atoms with van der Waals surface area (Å²) >= 11 is 0. The molecule has 0 aliphatic carbocycles. The van der Waals surface area contributed by atoms with Crippen molar-refractivity contribution in [3.8, 4) is 0 Å². The number of likely N-dealkylation sites (tertiary alicyclic amines) is 1. The van der Waals surface area contributed by atoms with Gasteiger partial charge in [0, 0.05) is 26.2 Å². The van der Waals surface area contributed by atoms with E-state index in [1.165, 1.54) is 19.3 Å². The van der Waals surface area contributed by atoms with E-state index in [1.807, 2.05) is 6.92 Å². The Bertz CT molecular complexity index is 247. The minimum atomic E-state index is 0.299. The number of hydrogen-bond donors (Lipinski definition) is 1. The Morgan fingerprint density at radius 1 is 1.28 bits per heavy atom. The minimum absolute atomic E-state index is 0.299. The first-order chi connectivity index (χ1) is 8.65. The quantitative estimate of drug-likeness (QED) is 0.585. The average Bonchev–Trinajstić information content (AvgIpc) is 2.38. The van der Waals surface area contributed by atoms with Gasteiger partial charge < -0.3 is 15.4 Å². The molecular weight excluding hydrogens is 226 g/mol. The summed E-state index contributed by atoms with van der Waals surface area (Å²) in [4.78, 5) is 6.70. The van der Waals surface area contributed by atoms with Gasteiger partial charge in [-0.25, -0.2) is 0 Å². The molecular formula is C14H29N3O. The molecule has 1 rings (SSSR count). The molecule has 1 aliphatic heterocycles. The summed E-state index contributed by atoms with van der Waals surface area (Å²) in [6.07, 6.45) is 5.06. The molecule has 18 heavy (non-hydrogen) atoms. The zero-order chi connectivity index (χ0) is 13.4. The van der Waals surface area contributed by atoms with Crippen molar-refractivity contribution >= 4 is 5.96 Å². The van der Waals surface area contributed by atoms with Gasteiger partial charge >= 0.3 is 0 Å². The van der Waals surface area contributed by atoms with Crippen LogP contribution in [0.3, 0.4) is 0 Å². The molecule has 4 nitrogen and oxygen atoms in total. The number of ether oxygens (including phenoxy) is 1. The molecule has 1 saturated heterocycles. The fraction of sp³-hybridized carbons (Fsp3) is 0.929. The Labute approximate surface area is 112 Å². The van der Waals surface area contributed by atoms with Crippen molar-refractivity contribution in [2.45, 2.75) is 52.6 Å². The fourth-order valence-corrected chi connectivity index (χ4v) is 2.35. The van der Waals surface area contributed by atoms with E-state index >= 15 is 0 Å². The molecule has 106 valence electrons. The standard InChI is InChI=1S/C14H29N3O/c1-4-18-13(12(2)3)8-9-16-14(15)17-10-6-5-7-11-17/h12-13H,4-11H2,1-3H3,(H2,15,16). The van der Waals surface area contributed by atoms with Crippen LogP contribution in [0.15, 0.2) is 4.99 Å². The van der Waals surface area contributed by atoms with E-state index in [1.54, 1.807) is 0 Å². The van der Waals surface area contributed by atoms with Gasteiger partial charge in [0.2, 0.25) is 0 Å². The molecule has 1 atom stereocenters. The van der Waals surface area contributed by atoms with Gasteiger partial charge in [0.05, 0.1) is 6.10 Å². The first-order valence-electron chi connectivity index (χ1n) is 7.31. The van der Waals surface area contributed by atoms with Crippen LogP contribution in [0.2, 0.25) is 0 Å². The number of piperidine rings is 1. The Hall–Kier alpha value is -0.770. The molecule has 0 bridgehead atoms. The van der Waals surface area contributed by atoms with E-state index in [0.717, 1.165) is 32.7 Å². The van der Waals surface area contributed by atoms with E-state index in [9.17, 15) is 0 Å². The topological polar surface area (TPSA) is 50.9 Å². The third-order valence-electron chi connectivity index (χ3n) is 3.49. The van der Waals surface area contributed by atoms with Gasteiger partial charge in [-0.1, -0.05) is 13.8 Å². The van der Waals surface area contributed by atoms with Crippen LogP contribution in [0, 0.1) is 5.92 Å². The fourth-order valence-electron chi connectivity index (χ4n) is 2.35. The summed E-state index contributed by atoms with van der Waals surface area (Å²) in [7, 11) is 0. The zero-order valence-electron chi connectivity index (χ0n) is 12.2. The van der Waals surface area contributed by atoms with Crippen LogP contribution in [-0.4, -0.2) is 43.2 Å². The predicted molar refractivity (Wildman–Crippen MR) is 76.8 cm³/mol. The van der Waals surface area contributed by atoms with Gasteiger partial charge in [-0.15, -0.1) is 0 Å². The highest BCUT2D eigenvalue weighted by Gasteiger charge is 2.14. The lowest BCUT2D eigenvalue weighted by molar-refractivity contribution is 0.0266. The summed E-state index contributed by atoms with van der Waals surface area (Å²) in [5, 5.41) is 0. The highest BCUT2D eigenvalue weighted by Crippen LogP contribution is 2.11. The van der Waals surface area contributed by atoms with Crippen LogP contribution < -0.4 is 5.73 Å². The molecule has 4 heteroatoms. The van der Waals surface area contributed by atoms with Crippen molar-refractivity contribution in [2.24, 2.45) is 16.6 Å². The molecule has 0 spiro atoms. The molecule has 0 aromatic rings. The third kappa shape index (κ3) is 5.25. The number of nitrogens with zero attached hydrogens (tertiary/aromatic N) is 2. The highest BCUT2D eigenvalue weighted by molar-refractivity contribution is 5.78. The second-order valence-corrected chi connectivity index (χ2v) is 5.31. The first-order valence-corrected chi connectivity index (χ1v) is 7.31. The van der Waals surface area contributed by atoms with Crippen LogP contribution in [0.5, 0.6) is 0 Å². The summed E-state index contributed by atoms with van der Waals surface area (Å²) in [5.41, 5.74) is 6.02. The molecule has 1 aliphatic rings. The van der Waals surface area contributed by atoms with Crippen molar-refractivity contribution in [3.05, 3.63) is 0 Å². The summed E-state index contributed by atoms with van der Waals surface area (Å²) < 4.78 is 5.71. The maximum absolute atomic E-state index is 6.02. The van der Waals surface area contributed by atoms with Gasteiger partial charge in [-0.2, -0.15) is 0 Å². The van der Waals surface area contributed by atoms with E-state index < -0.39 is 0 Å². The molecule has 0 saturated carbocycles. The maximum atomic E-state index is 6.02. The van der Waals surface area contributed by atoms with Crippen molar-refractivity contribution in [2.75, 3.05) is 26.2 Å². The number of rotatable bonds is 6. The second-order valence-electron chi connectivity index (χ2n) is 5.31. The smallest absolute Gasteiger partial charge is 0.191 e. The Balaban J connectivity index is 2.32. The molecule has 0 aromatic heterocycles. The number of aliphatic imine (C=N–C) groups is 1. The number of nitrogens with two attached hydrogens (primary N) is 1. The van der Waals surface area contributed by atoms with Crippen molar-refractivity contribution in [1.29, 1.82) is 0 Å². The van der Waals surface area contributed by atoms with Crippen molar-refractivity contribution in [3.63, 3.8) is 0 Å². The van der Waals surface area contributed by atoms with Crippen LogP contribution in [0.25, 0.3) is 0 Å². The van der Waals surface area contributed by atoms with Gasteiger partial charge in [0.1, 0.15) is 0 Å². The van der Waals surface area contributed by atoms with Crippen LogP contribution in [0.1, 0.15) is 46.5 Å². The van der Waals surface area contributed by atoms with Gasteiger partial charge in [-0.3, -0.25) is 4.99 Å². The molecule has 1 unspecified atom stereocenters. The van der Waals surface area contributed by atoms with Gasteiger partial charge in [-0.05, 0) is 38.5 Å². The lowest BCUT2D eigenvalue weighted by atomic mass is 10.0. The lowest BCUT2D eigenvalue weighted by Gasteiger charge is -2.27. The predicted octanol–water partition coefficient (Wildman–Crippen LogP) is 2.24. The largest absolute Gasteiger partial charge is 0.378 e. The van der Waals surface area contributed by atoms with Gasteiger partial charge in [0.25, 0.3) is 0 Å². The monoisotopic (exact) mass is 255 g/mol. The molecule has 0 radical (unpaired) electrons. The lowest BCUT2D eigenvalue weighted by Crippen LogP contribution is -2.41. The van der Waals surface area contributed by atoms with E-state index in [4.69, 9.17) is 10.5 Å². The Morgan fingerprint density at radius 2 is 1.94 bits per heavy atom. The van der Waals surface area contributed by atoms with Crippen molar-refractivity contribution in [1.82, 2.24) is 4.90 Å². The normalized spacial score (nSPS) is 19.3. The molecule has 0 aromatic carbocycles. The van der Waals surface area contributed by atoms with E-state index in [-0.39, 0.29) is 0 Å². The maximum Gasteiger partial charge on any atom is 0.191 e. The van der Waals surface area contributed by atoms with Crippen LogP contribution in [0.4, 0.5) is 0 Å². The minimum Gasteiger partial charge on any atom is -0.378 e. The molecule has 0 amide bonds. The molecule has 2 N–H and O–H groups in total. The summed E-state index contributed by atoms with van der Waals surface area (Å²) in [6.45, 7) is 10.1. The van der Waals surface area contributed by atoms with Gasteiger partial charge in [0.15, 0.2) is 5.96 Å². The third-order valence-corrected chi connectivity index (χ3v) is 3.49. The second kappa shape index (κ2) is 8.35. The van der Waals surface area contributed by atoms with Crippen LogP contribution >= 0.6 is 0 Å². The summed E-state index contributed by atoms with van der Waals surface area (Å²) in [5.74, 6) is 1.25. The van der Waals surface area contributed by atoms with Crippen molar-refractivity contribution < 1.29 is 4.74 Å².